The van der Waals surface area contributed by atoms with Crippen molar-refractivity contribution >= 4 is 18.0 Å². The Kier molecular flexibility index (Phi) is 6.24. The number of hydrogen-bond acceptors (Lipinski definition) is 5. The van der Waals surface area contributed by atoms with Gasteiger partial charge in [0.05, 0.1) is 25.0 Å². The Morgan fingerprint density at radius 1 is 1.03 bits per heavy atom. The molecule has 8 heteroatoms. The number of aliphatic carboxylic acids is 1. The van der Waals surface area contributed by atoms with Crippen molar-refractivity contribution in [3.05, 3.63) is 59.7 Å². The van der Waals surface area contributed by atoms with E-state index in [1.807, 2.05) is 24.3 Å². The second-order valence-electron chi connectivity index (χ2n) is 9.30. The van der Waals surface area contributed by atoms with Crippen LogP contribution in [0.3, 0.4) is 0 Å². The molecule has 8 nitrogen and oxygen atoms in total. The Hall–Kier alpha value is -3.39. The largest absolute Gasteiger partial charge is 0.481 e. The maximum atomic E-state index is 12.6. The lowest BCUT2D eigenvalue weighted by Crippen LogP contribution is -2.52. The van der Waals surface area contributed by atoms with Crippen LogP contribution >= 0.6 is 0 Å². The molecule has 2 heterocycles. The smallest absolute Gasteiger partial charge is 0.407 e. The van der Waals surface area contributed by atoms with E-state index in [9.17, 15) is 14.4 Å². The van der Waals surface area contributed by atoms with Gasteiger partial charge in [-0.25, -0.2) is 4.79 Å². The number of ether oxygens (including phenoxy) is 2. The molecule has 5 rings (SSSR count). The molecule has 0 unspecified atom stereocenters. The molecule has 2 aliphatic heterocycles. The van der Waals surface area contributed by atoms with Gasteiger partial charge in [0.15, 0.2) is 0 Å². The molecule has 0 spiro atoms. The number of benzene rings is 2. The van der Waals surface area contributed by atoms with E-state index in [1.54, 1.807) is 4.90 Å². The first kappa shape index (κ1) is 22.4. The number of amides is 2. The van der Waals surface area contributed by atoms with Crippen molar-refractivity contribution in [3.63, 3.8) is 0 Å². The Labute approximate surface area is 197 Å². The van der Waals surface area contributed by atoms with Gasteiger partial charge in [0, 0.05) is 31.5 Å². The number of hydrogen-bond donors (Lipinski definition) is 2. The molecule has 1 aliphatic carbocycles. The monoisotopic (exact) mass is 464 g/mol. The highest BCUT2D eigenvalue weighted by molar-refractivity contribution is 5.81. The minimum Gasteiger partial charge on any atom is -0.481 e. The van der Waals surface area contributed by atoms with Crippen molar-refractivity contribution in [2.24, 2.45) is 11.8 Å². The fourth-order valence-corrected chi connectivity index (χ4v) is 5.25. The van der Waals surface area contributed by atoms with Gasteiger partial charge in [0.25, 0.3) is 0 Å². The first-order valence-electron chi connectivity index (χ1n) is 11.7. The highest BCUT2D eigenvalue weighted by Gasteiger charge is 2.39. The summed E-state index contributed by atoms with van der Waals surface area (Å²) < 4.78 is 11.3. The Balaban J connectivity index is 1.07. The Morgan fingerprint density at radius 3 is 2.32 bits per heavy atom. The van der Waals surface area contributed by atoms with Gasteiger partial charge in [-0.2, -0.15) is 0 Å². The van der Waals surface area contributed by atoms with E-state index < -0.39 is 12.1 Å². The van der Waals surface area contributed by atoms with E-state index in [0.717, 1.165) is 11.1 Å². The molecule has 2 aromatic carbocycles. The number of fused-ring (bicyclic) bond motifs is 3. The molecule has 2 saturated heterocycles. The summed E-state index contributed by atoms with van der Waals surface area (Å²) in [5.41, 5.74) is 4.68. The highest BCUT2D eigenvalue weighted by Crippen LogP contribution is 2.44. The van der Waals surface area contributed by atoms with Gasteiger partial charge in [0.2, 0.25) is 5.91 Å². The van der Waals surface area contributed by atoms with Crippen molar-refractivity contribution in [2.75, 3.05) is 32.8 Å². The molecule has 34 heavy (non-hydrogen) atoms. The molecule has 2 amide bonds. The standard InChI is InChI=1S/C26H28N2O6/c29-24(30)9-16-12-28(13-16)25(31)17-10-18(33-14-17)11-27-26(32)34-15-23-21-7-3-1-5-19(21)20-6-2-4-8-22(20)23/h1-8,16-18,23H,9-15H2,(H,27,32)(H,29,30)/t17-,18-/m0/s1. The molecular weight excluding hydrogens is 436 g/mol. The van der Waals surface area contributed by atoms with Crippen molar-refractivity contribution in [2.45, 2.75) is 24.9 Å². The highest BCUT2D eigenvalue weighted by atomic mass is 16.5. The third-order valence-corrected chi connectivity index (χ3v) is 6.98. The van der Waals surface area contributed by atoms with Crippen LogP contribution in [0.2, 0.25) is 0 Å². The van der Waals surface area contributed by atoms with E-state index in [-0.39, 0.29) is 49.3 Å². The van der Waals surface area contributed by atoms with Crippen LogP contribution in [0, 0.1) is 11.8 Å². The third kappa shape index (κ3) is 4.50. The SMILES string of the molecule is O=C(O)CC1CN(C(=O)[C@@H]2CO[C@H](CNC(=O)OCC3c4ccccc4-c4ccccc43)C2)C1. The van der Waals surface area contributed by atoms with Gasteiger partial charge in [-0.15, -0.1) is 0 Å². The van der Waals surface area contributed by atoms with E-state index in [1.165, 1.54) is 11.1 Å². The van der Waals surface area contributed by atoms with Crippen molar-refractivity contribution in [3.8, 4) is 11.1 Å². The van der Waals surface area contributed by atoms with E-state index in [4.69, 9.17) is 14.6 Å². The number of rotatable bonds is 7. The molecule has 0 saturated carbocycles. The zero-order valence-corrected chi connectivity index (χ0v) is 18.8. The van der Waals surface area contributed by atoms with Crippen LogP contribution in [0.25, 0.3) is 11.1 Å². The van der Waals surface area contributed by atoms with Gasteiger partial charge in [-0.1, -0.05) is 48.5 Å². The number of nitrogens with one attached hydrogen (secondary N) is 1. The zero-order chi connectivity index (χ0) is 23.7. The lowest BCUT2D eigenvalue weighted by atomic mass is 9.93. The maximum absolute atomic E-state index is 12.6. The average molecular weight is 465 g/mol. The first-order chi connectivity index (χ1) is 16.5. The predicted molar refractivity (Wildman–Crippen MR) is 123 cm³/mol. The van der Waals surface area contributed by atoms with E-state index in [0.29, 0.717) is 26.1 Å². The van der Waals surface area contributed by atoms with Crippen molar-refractivity contribution in [1.82, 2.24) is 10.2 Å². The van der Waals surface area contributed by atoms with E-state index in [2.05, 4.69) is 29.6 Å². The quantitative estimate of drug-likeness (QED) is 0.653. The summed E-state index contributed by atoms with van der Waals surface area (Å²) in [5.74, 6) is -1.04. The second kappa shape index (κ2) is 9.46. The molecule has 178 valence electrons. The summed E-state index contributed by atoms with van der Waals surface area (Å²) in [7, 11) is 0. The van der Waals surface area contributed by atoms with Crippen LogP contribution in [-0.4, -0.2) is 66.9 Å². The van der Waals surface area contributed by atoms with Gasteiger partial charge in [-0.05, 0) is 28.7 Å². The van der Waals surface area contributed by atoms with Gasteiger partial charge >= 0.3 is 12.1 Å². The predicted octanol–water partition coefficient (Wildman–Crippen LogP) is 2.86. The average Bonchev–Trinajstić information content (AvgIpc) is 3.41. The molecule has 2 atom stereocenters. The number of carbonyl (C=O) groups excluding carboxylic acids is 2. The van der Waals surface area contributed by atoms with Crippen LogP contribution in [0.15, 0.2) is 48.5 Å². The summed E-state index contributed by atoms with van der Waals surface area (Å²) in [6, 6.07) is 16.4. The molecule has 2 N–H and O–H groups in total. The van der Waals surface area contributed by atoms with Crippen LogP contribution in [-0.2, 0) is 19.1 Å². The molecule has 0 aromatic heterocycles. The molecular formula is C26H28N2O6. The van der Waals surface area contributed by atoms with Gasteiger partial charge in [-0.3, -0.25) is 9.59 Å². The molecule has 3 aliphatic rings. The Bertz CT molecular complexity index is 1050. The topological polar surface area (TPSA) is 105 Å². The van der Waals surface area contributed by atoms with Crippen LogP contribution in [0.1, 0.15) is 29.9 Å². The number of alkyl carbamates (subject to hydrolysis) is 1. The number of likely N-dealkylation sites (tertiary alicyclic amines) is 1. The fourth-order valence-electron chi connectivity index (χ4n) is 5.25. The van der Waals surface area contributed by atoms with Crippen LogP contribution < -0.4 is 5.32 Å². The van der Waals surface area contributed by atoms with E-state index >= 15 is 0 Å². The molecule has 2 aromatic rings. The number of carboxylic acids is 1. The first-order valence-corrected chi connectivity index (χ1v) is 11.7. The maximum Gasteiger partial charge on any atom is 0.407 e. The molecule has 2 fully saturated rings. The Morgan fingerprint density at radius 2 is 1.68 bits per heavy atom. The summed E-state index contributed by atoms with van der Waals surface area (Å²) in [6.07, 6.45) is -0.120. The van der Waals surface area contributed by atoms with Crippen LogP contribution in [0.5, 0.6) is 0 Å². The number of nitrogens with zero attached hydrogens (tertiary/aromatic N) is 1. The minimum atomic E-state index is -0.833. The van der Waals surface area contributed by atoms with Crippen molar-refractivity contribution in [1.29, 1.82) is 0 Å². The number of carbonyl (C=O) groups is 3. The third-order valence-electron chi connectivity index (χ3n) is 6.98. The summed E-state index contributed by atoms with van der Waals surface area (Å²) in [6.45, 7) is 1.83. The molecule has 0 bridgehead atoms. The minimum absolute atomic E-state index is 0.00404. The fraction of sp³-hybridized carbons (Fsp3) is 0.423. The normalized spacial score (nSPS) is 21.5. The van der Waals surface area contributed by atoms with Crippen LogP contribution in [0.4, 0.5) is 4.79 Å². The van der Waals surface area contributed by atoms with Gasteiger partial charge < -0.3 is 24.8 Å². The zero-order valence-electron chi connectivity index (χ0n) is 18.8. The summed E-state index contributed by atoms with van der Waals surface area (Å²) in [4.78, 5) is 37.4. The second-order valence-corrected chi connectivity index (χ2v) is 9.30. The summed E-state index contributed by atoms with van der Waals surface area (Å²) in [5, 5.41) is 11.6. The lowest BCUT2D eigenvalue weighted by Gasteiger charge is -2.39. The van der Waals surface area contributed by atoms with Crippen molar-refractivity contribution < 1.29 is 29.0 Å². The number of carboxylic acid groups (broad SMARTS) is 1. The summed E-state index contributed by atoms with van der Waals surface area (Å²) >= 11 is 0. The van der Waals surface area contributed by atoms with Gasteiger partial charge in [0.1, 0.15) is 6.61 Å². The lowest BCUT2D eigenvalue weighted by molar-refractivity contribution is -0.147. The molecule has 0 radical (unpaired) electrons.